The Labute approximate surface area is 179 Å². The van der Waals surface area contributed by atoms with Gasteiger partial charge in [0.1, 0.15) is 0 Å². The van der Waals surface area contributed by atoms with Gasteiger partial charge in [0.2, 0.25) is 0 Å². The summed E-state index contributed by atoms with van der Waals surface area (Å²) in [5.74, 6) is -0.289. The third-order valence-electron chi connectivity index (χ3n) is 5.23. The lowest BCUT2D eigenvalue weighted by Gasteiger charge is -2.17. The first-order valence-corrected chi connectivity index (χ1v) is 12.3. The minimum Gasteiger partial charge on any atom is -0.361 e. The van der Waals surface area contributed by atoms with Gasteiger partial charge in [-0.25, -0.2) is 8.42 Å². The molecule has 2 aromatic heterocycles. The van der Waals surface area contributed by atoms with Crippen molar-refractivity contribution in [1.82, 2.24) is 10.3 Å². The summed E-state index contributed by atoms with van der Waals surface area (Å²) in [5, 5.41) is 6.17. The Balaban J connectivity index is 1.64. The zero-order valence-corrected chi connectivity index (χ0v) is 18.3. The van der Waals surface area contributed by atoms with Gasteiger partial charge in [-0.05, 0) is 47.7 Å². The Morgan fingerprint density at radius 2 is 1.93 bits per heavy atom. The van der Waals surface area contributed by atoms with E-state index in [-0.39, 0.29) is 16.7 Å². The predicted octanol–water partition coefficient (Wildman–Crippen LogP) is 4.50. The maximum Gasteiger partial charge on any atom is 0.251 e. The van der Waals surface area contributed by atoms with E-state index in [4.69, 9.17) is 0 Å². The van der Waals surface area contributed by atoms with Crippen molar-refractivity contribution < 1.29 is 13.2 Å². The Kier molecular flexibility index (Phi) is 5.49. The first-order valence-electron chi connectivity index (χ1n) is 9.53. The molecule has 1 atom stereocenters. The standard InChI is InChI=1S/C23H22N2O3S2/c1-15-9-10-16(30(2,27)28)12-18(15)23(26)25-14-20(22-8-5-11-29-22)19-13-24-21-7-4-3-6-17(19)21/h3-13,20,24H,14H2,1-2H3,(H,25,26). The molecular formula is C23H22N2O3S2. The summed E-state index contributed by atoms with van der Waals surface area (Å²) in [4.78, 5) is 17.5. The number of hydrogen-bond donors (Lipinski definition) is 2. The molecular weight excluding hydrogens is 416 g/mol. The molecule has 0 aliphatic rings. The van der Waals surface area contributed by atoms with Crippen LogP contribution in [0.4, 0.5) is 0 Å². The zero-order chi connectivity index (χ0) is 21.3. The molecule has 7 heteroatoms. The van der Waals surface area contributed by atoms with Gasteiger partial charge in [-0.15, -0.1) is 11.3 Å². The smallest absolute Gasteiger partial charge is 0.251 e. The molecule has 0 saturated carbocycles. The summed E-state index contributed by atoms with van der Waals surface area (Å²) >= 11 is 1.65. The summed E-state index contributed by atoms with van der Waals surface area (Å²) in [5.41, 5.74) is 3.29. The minimum atomic E-state index is -3.38. The number of carbonyl (C=O) groups excluding carboxylic acids is 1. The van der Waals surface area contributed by atoms with E-state index in [0.717, 1.165) is 33.2 Å². The second kappa shape index (κ2) is 8.08. The van der Waals surface area contributed by atoms with Gasteiger partial charge in [0.15, 0.2) is 9.84 Å². The number of sulfone groups is 1. The Morgan fingerprint density at radius 3 is 2.67 bits per heavy atom. The normalized spacial score (nSPS) is 12.7. The molecule has 30 heavy (non-hydrogen) atoms. The van der Waals surface area contributed by atoms with Gasteiger partial charge in [-0.2, -0.15) is 0 Å². The van der Waals surface area contributed by atoms with Crippen LogP contribution in [-0.4, -0.2) is 32.1 Å². The molecule has 2 N–H and O–H groups in total. The second-order valence-electron chi connectivity index (χ2n) is 7.32. The number of nitrogens with one attached hydrogen (secondary N) is 2. The van der Waals surface area contributed by atoms with Crippen molar-refractivity contribution in [1.29, 1.82) is 0 Å². The number of hydrogen-bond acceptors (Lipinski definition) is 4. The van der Waals surface area contributed by atoms with Crippen molar-refractivity contribution in [3.8, 4) is 0 Å². The number of amides is 1. The Morgan fingerprint density at radius 1 is 1.13 bits per heavy atom. The summed E-state index contributed by atoms with van der Waals surface area (Å²) in [7, 11) is -3.38. The topological polar surface area (TPSA) is 79.0 Å². The van der Waals surface area contributed by atoms with Crippen LogP contribution in [0.1, 0.15) is 32.3 Å². The maximum atomic E-state index is 12.9. The van der Waals surface area contributed by atoms with Crippen LogP contribution >= 0.6 is 11.3 Å². The third-order valence-corrected chi connectivity index (χ3v) is 7.33. The molecule has 154 valence electrons. The average molecular weight is 439 g/mol. The molecule has 1 amide bonds. The molecule has 0 fully saturated rings. The second-order valence-corrected chi connectivity index (χ2v) is 10.3. The number of rotatable bonds is 6. The van der Waals surface area contributed by atoms with Crippen LogP contribution in [0.2, 0.25) is 0 Å². The number of thiophene rings is 1. The highest BCUT2D eigenvalue weighted by atomic mass is 32.2. The summed E-state index contributed by atoms with van der Waals surface area (Å²) < 4.78 is 23.8. The molecule has 1 unspecified atom stereocenters. The maximum absolute atomic E-state index is 12.9. The average Bonchev–Trinajstić information content (AvgIpc) is 3.38. The molecule has 2 aromatic carbocycles. The van der Waals surface area contributed by atoms with Crippen molar-refractivity contribution in [2.24, 2.45) is 0 Å². The van der Waals surface area contributed by atoms with Crippen LogP contribution in [0, 0.1) is 6.92 Å². The largest absolute Gasteiger partial charge is 0.361 e. The molecule has 0 bridgehead atoms. The number of H-pyrrole nitrogens is 1. The van der Waals surface area contributed by atoms with Gasteiger partial charge in [-0.3, -0.25) is 4.79 Å². The van der Waals surface area contributed by atoms with Crippen LogP contribution in [0.15, 0.2) is 71.1 Å². The summed E-state index contributed by atoms with van der Waals surface area (Å²) in [6.07, 6.45) is 3.14. The van der Waals surface area contributed by atoms with E-state index in [1.54, 1.807) is 24.3 Å². The van der Waals surface area contributed by atoms with Gasteiger partial charge < -0.3 is 10.3 Å². The minimum absolute atomic E-state index is 0.0107. The van der Waals surface area contributed by atoms with E-state index in [0.29, 0.717) is 12.1 Å². The number of fused-ring (bicyclic) bond motifs is 1. The Hall–Kier alpha value is -2.90. The highest BCUT2D eigenvalue weighted by molar-refractivity contribution is 7.90. The van der Waals surface area contributed by atoms with Crippen molar-refractivity contribution in [2.75, 3.05) is 12.8 Å². The summed E-state index contributed by atoms with van der Waals surface area (Å²) in [6, 6.07) is 16.8. The van der Waals surface area contributed by atoms with E-state index in [1.165, 1.54) is 12.1 Å². The number of aryl methyl sites for hydroxylation is 1. The molecule has 0 spiro atoms. The SMILES string of the molecule is Cc1ccc(S(C)(=O)=O)cc1C(=O)NCC(c1cccs1)c1c[nH]c2ccccc12. The van der Waals surface area contributed by atoms with Crippen molar-refractivity contribution in [2.45, 2.75) is 17.7 Å². The van der Waals surface area contributed by atoms with Gasteiger partial charge in [0.05, 0.1) is 4.90 Å². The lowest BCUT2D eigenvalue weighted by molar-refractivity contribution is 0.0951. The zero-order valence-electron chi connectivity index (χ0n) is 16.7. The molecule has 0 radical (unpaired) electrons. The molecule has 0 aliphatic heterocycles. The fourth-order valence-electron chi connectivity index (χ4n) is 3.60. The highest BCUT2D eigenvalue weighted by Crippen LogP contribution is 2.33. The molecule has 0 saturated heterocycles. The van der Waals surface area contributed by atoms with Gasteiger partial charge in [-0.1, -0.05) is 30.3 Å². The molecule has 5 nitrogen and oxygen atoms in total. The third kappa shape index (κ3) is 4.04. The predicted molar refractivity (Wildman–Crippen MR) is 121 cm³/mol. The van der Waals surface area contributed by atoms with E-state index < -0.39 is 9.84 Å². The van der Waals surface area contributed by atoms with E-state index in [1.807, 2.05) is 35.8 Å². The van der Waals surface area contributed by atoms with Crippen molar-refractivity contribution in [3.05, 3.63) is 87.7 Å². The fourth-order valence-corrected chi connectivity index (χ4v) is 5.10. The number of carbonyl (C=O) groups is 1. The summed E-state index contributed by atoms with van der Waals surface area (Å²) in [6.45, 7) is 2.21. The number of aromatic amines is 1. The number of benzene rings is 2. The monoisotopic (exact) mass is 438 g/mol. The first-order chi connectivity index (χ1) is 14.3. The number of aromatic nitrogens is 1. The number of para-hydroxylation sites is 1. The van der Waals surface area contributed by atoms with Crippen LogP contribution in [0.3, 0.4) is 0 Å². The van der Waals surface area contributed by atoms with Crippen LogP contribution < -0.4 is 5.32 Å². The molecule has 4 aromatic rings. The quantitative estimate of drug-likeness (QED) is 0.465. The first kappa shape index (κ1) is 20.4. The van der Waals surface area contributed by atoms with Gasteiger partial charge in [0, 0.05) is 46.3 Å². The highest BCUT2D eigenvalue weighted by Gasteiger charge is 2.21. The van der Waals surface area contributed by atoms with Crippen LogP contribution in [0.5, 0.6) is 0 Å². The fraction of sp³-hybridized carbons (Fsp3) is 0.174. The Bertz CT molecular complexity index is 1310. The molecule has 0 aliphatic carbocycles. The molecule has 4 rings (SSSR count). The lowest BCUT2D eigenvalue weighted by Crippen LogP contribution is -2.29. The molecule has 2 heterocycles. The van der Waals surface area contributed by atoms with Crippen molar-refractivity contribution >= 4 is 38.0 Å². The van der Waals surface area contributed by atoms with E-state index in [9.17, 15) is 13.2 Å². The van der Waals surface area contributed by atoms with Crippen LogP contribution in [-0.2, 0) is 9.84 Å². The van der Waals surface area contributed by atoms with E-state index in [2.05, 4.69) is 22.4 Å². The lowest BCUT2D eigenvalue weighted by atomic mass is 9.96. The van der Waals surface area contributed by atoms with Crippen LogP contribution in [0.25, 0.3) is 10.9 Å². The van der Waals surface area contributed by atoms with E-state index >= 15 is 0 Å². The van der Waals surface area contributed by atoms with Gasteiger partial charge in [0.25, 0.3) is 5.91 Å². The van der Waals surface area contributed by atoms with Gasteiger partial charge >= 0.3 is 0 Å². The van der Waals surface area contributed by atoms with Crippen molar-refractivity contribution in [3.63, 3.8) is 0 Å².